The fraction of sp³-hybridized carbons (Fsp3) is 0.368. The molecule has 1 atom stereocenters. The van der Waals surface area contributed by atoms with Gasteiger partial charge in [-0.15, -0.1) is 0 Å². The number of hydrogen-bond acceptors (Lipinski definition) is 4. The number of hydrogen-bond donors (Lipinski definition) is 0. The van der Waals surface area contributed by atoms with Gasteiger partial charge in [0, 0.05) is 0 Å². The molecule has 0 N–H and O–H groups in total. The normalized spacial score (nSPS) is 17.3. The molecule has 0 saturated carbocycles. The van der Waals surface area contributed by atoms with Crippen LogP contribution < -0.4 is 4.74 Å². The third kappa shape index (κ3) is 3.79. The number of aryl methyl sites for hydroxylation is 2. The van der Waals surface area contributed by atoms with Crippen molar-refractivity contribution in [2.45, 2.75) is 31.1 Å². The topological polar surface area (TPSA) is 52.6 Å². The van der Waals surface area contributed by atoms with E-state index in [9.17, 15) is 8.42 Å². The van der Waals surface area contributed by atoms with E-state index in [0.717, 1.165) is 30.6 Å². The van der Waals surface area contributed by atoms with E-state index < -0.39 is 10.1 Å². The first-order valence-corrected chi connectivity index (χ1v) is 9.50. The van der Waals surface area contributed by atoms with Crippen LogP contribution in [0.15, 0.2) is 47.4 Å². The van der Waals surface area contributed by atoms with Crippen LogP contribution in [0.2, 0.25) is 0 Å². The SMILES string of the molecule is COc1ccc2c(c1)CC(COS(=O)(=O)c1ccc(C)cc1)CC2. The second-order valence-electron chi connectivity index (χ2n) is 6.30. The summed E-state index contributed by atoms with van der Waals surface area (Å²) in [5.41, 5.74) is 3.56. The Bertz CT molecular complexity index is 810. The molecule has 1 aliphatic rings. The maximum atomic E-state index is 12.3. The van der Waals surface area contributed by atoms with Gasteiger partial charge in [0.25, 0.3) is 10.1 Å². The molecule has 0 radical (unpaired) electrons. The van der Waals surface area contributed by atoms with Gasteiger partial charge in [-0.3, -0.25) is 4.18 Å². The monoisotopic (exact) mass is 346 g/mol. The molecule has 5 heteroatoms. The Morgan fingerprint density at radius 1 is 1.08 bits per heavy atom. The zero-order chi connectivity index (χ0) is 17.2. The van der Waals surface area contributed by atoms with E-state index in [1.165, 1.54) is 11.1 Å². The summed E-state index contributed by atoms with van der Waals surface area (Å²) in [6, 6.07) is 12.8. The fourth-order valence-corrected chi connectivity index (χ4v) is 4.01. The first-order chi connectivity index (χ1) is 11.5. The maximum Gasteiger partial charge on any atom is 0.296 e. The molecule has 0 saturated heterocycles. The van der Waals surface area contributed by atoms with E-state index in [1.54, 1.807) is 31.4 Å². The van der Waals surface area contributed by atoms with Gasteiger partial charge in [-0.25, -0.2) is 0 Å². The van der Waals surface area contributed by atoms with Crippen LogP contribution in [-0.4, -0.2) is 22.1 Å². The fourth-order valence-electron chi connectivity index (χ4n) is 3.04. The average Bonchev–Trinajstić information content (AvgIpc) is 2.59. The second kappa shape index (κ2) is 6.95. The van der Waals surface area contributed by atoms with Crippen molar-refractivity contribution in [3.05, 3.63) is 59.2 Å². The van der Waals surface area contributed by atoms with Gasteiger partial charge in [0.15, 0.2) is 0 Å². The lowest BCUT2D eigenvalue weighted by atomic mass is 9.84. The van der Waals surface area contributed by atoms with Crippen molar-refractivity contribution < 1.29 is 17.3 Å². The smallest absolute Gasteiger partial charge is 0.296 e. The molecule has 2 aromatic rings. The Labute approximate surface area is 143 Å². The highest BCUT2D eigenvalue weighted by Gasteiger charge is 2.23. The van der Waals surface area contributed by atoms with Gasteiger partial charge in [0.05, 0.1) is 18.6 Å². The van der Waals surface area contributed by atoms with E-state index in [2.05, 4.69) is 6.07 Å². The molecule has 24 heavy (non-hydrogen) atoms. The lowest BCUT2D eigenvalue weighted by Crippen LogP contribution is -2.21. The van der Waals surface area contributed by atoms with Gasteiger partial charge >= 0.3 is 0 Å². The van der Waals surface area contributed by atoms with Gasteiger partial charge in [0.1, 0.15) is 5.75 Å². The third-order valence-corrected chi connectivity index (χ3v) is 5.81. The molecule has 4 nitrogen and oxygen atoms in total. The quantitative estimate of drug-likeness (QED) is 0.778. The Morgan fingerprint density at radius 3 is 2.54 bits per heavy atom. The van der Waals surface area contributed by atoms with E-state index >= 15 is 0 Å². The number of fused-ring (bicyclic) bond motifs is 1. The highest BCUT2D eigenvalue weighted by Crippen LogP contribution is 2.29. The van der Waals surface area contributed by atoms with Crippen LogP contribution in [0.5, 0.6) is 5.75 Å². The molecule has 0 aliphatic heterocycles. The van der Waals surface area contributed by atoms with E-state index in [4.69, 9.17) is 8.92 Å². The number of ether oxygens (including phenoxy) is 1. The van der Waals surface area contributed by atoms with Crippen molar-refractivity contribution in [3.8, 4) is 5.75 Å². The molecule has 0 amide bonds. The Morgan fingerprint density at radius 2 is 1.83 bits per heavy atom. The van der Waals surface area contributed by atoms with Crippen molar-refractivity contribution in [1.82, 2.24) is 0 Å². The molecule has 1 unspecified atom stereocenters. The van der Waals surface area contributed by atoms with Crippen molar-refractivity contribution in [2.75, 3.05) is 13.7 Å². The summed E-state index contributed by atoms with van der Waals surface area (Å²) in [5.74, 6) is 1.03. The van der Waals surface area contributed by atoms with Crippen LogP contribution in [0.1, 0.15) is 23.1 Å². The van der Waals surface area contributed by atoms with Gasteiger partial charge in [-0.1, -0.05) is 23.8 Å². The molecule has 3 rings (SSSR count). The Hall–Kier alpha value is -1.85. The summed E-state index contributed by atoms with van der Waals surface area (Å²) < 4.78 is 35.2. The summed E-state index contributed by atoms with van der Waals surface area (Å²) >= 11 is 0. The molecular weight excluding hydrogens is 324 g/mol. The van der Waals surface area contributed by atoms with Gasteiger partial charge in [0.2, 0.25) is 0 Å². The van der Waals surface area contributed by atoms with E-state index in [1.807, 2.05) is 19.1 Å². The lowest BCUT2D eigenvalue weighted by Gasteiger charge is -2.24. The number of rotatable bonds is 5. The van der Waals surface area contributed by atoms with Crippen molar-refractivity contribution in [3.63, 3.8) is 0 Å². The van der Waals surface area contributed by atoms with Crippen molar-refractivity contribution >= 4 is 10.1 Å². The number of methoxy groups -OCH3 is 1. The van der Waals surface area contributed by atoms with Crippen molar-refractivity contribution in [2.24, 2.45) is 5.92 Å². The minimum absolute atomic E-state index is 0.199. The molecule has 2 aromatic carbocycles. The van der Waals surface area contributed by atoms with Crippen LogP contribution in [0.4, 0.5) is 0 Å². The van der Waals surface area contributed by atoms with E-state index in [0.29, 0.717) is 0 Å². The summed E-state index contributed by atoms with van der Waals surface area (Å²) in [6.45, 7) is 2.14. The predicted molar refractivity (Wildman–Crippen MR) is 92.8 cm³/mol. The summed E-state index contributed by atoms with van der Waals surface area (Å²) in [4.78, 5) is 0.214. The lowest BCUT2D eigenvalue weighted by molar-refractivity contribution is 0.239. The standard InChI is InChI=1S/C19H22O4S/c1-14-3-9-19(10-4-14)24(20,21)23-13-15-5-6-16-7-8-18(22-2)12-17(16)11-15/h3-4,7-10,12,15H,5-6,11,13H2,1-2H3. The third-order valence-electron chi connectivity index (χ3n) is 4.51. The van der Waals surface area contributed by atoms with Crippen LogP contribution in [0.25, 0.3) is 0 Å². The van der Waals surface area contributed by atoms with Crippen LogP contribution in [0.3, 0.4) is 0 Å². The summed E-state index contributed by atoms with van der Waals surface area (Å²) in [6.07, 6.45) is 2.69. The minimum atomic E-state index is -3.69. The van der Waals surface area contributed by atoms with Gasteiger partial charge < -0.3 is 4.74 Å². The maximum absolute atomic E-state index is 12.3. The summed E-state index contributed by atoms with van der Waals surface area (Å²) in [5, 5.41) is 0. The molecule has 128 valence electrons. The molecule has 1 aliphatic carbocycles. The average molecular weight is 346 g/mol. The second-order valence-corrected chi connectivity index (χ2v) is 7.91. The predicted octanol–water partition coefficient (Wildman–Crippen LogP) is 3.51. The summed E-state index contributed by atoms with van der Waals surface area (Å²) in [7, 11) is -2.04. The largest absolute Gasteiger partial charge is 0.497 e. The van der Waals surface area contributed by atoms with Crippen LogP contribution in [0, 0.1) is 12.8 Å². The first kappa shape index (κ1) is 17.0. The zero-order valence-electron chi connectivity index (χ0n) is 14.0. The minimum Gasteiger partial charge on any atom is -0.497 e. The molecule has 0 aromatic heterocycles. The number of benzene rings is 2. The zero-order valence-corrected chi connectivity index (χ0v) is 14.8. The molecule has 0 bridgehead atoms. The highest BCUT2D eigenvalue weighted by molar-refractivity contribution is 7.86. The van der Waals surface area contributed by atoms with Gasteiger partial charge in [-0.05, 0) is 67.5 Å². The first-order valence-electron chi connectivity index (χ1n) is 8.10. The van der Waals surface area contributed by atoms with Gasteiger partial charge in [-0.2, -0.15) is 8.42 Å². The molecule has 0 spiro atoms. The highest BCUT2D eigenvalue weighted by atomic mass is 32.2. The Balaban J connectivity index is 1.66. The van der Waals surface area contributed by atoms with E-state index in [-0.39, 0.29) is 17.4 Å². The Kier molecular flexibility index (Phi) is 4.92. The molecule has 0 fully saturated rings. The van der Waals surface area contributed by atoms with Crippen molar-refractivity contribution in [1.29, 1.82) is 0 Å². The molecular formula is C19H22O4S. The van der Waals surface area contributed by atoms with Crippen LogP contribution >= 0.6 is 0 Å². The molecule has 0 heterocycles. The van der Waals surface area contributed by atoms with Crippen LogP contribution in [-0.2, 0) is 27.1 Å².